The first-order valence-electron chi connectivity index (χ1n) is 5.69. The molecule has 1 atom stereocenters. The van der Waals surface area contributed by atoms with Gasteiger partial charge >= 0.3 is 5.97 Å². The number of carboxylic acid groups (broad SMARTS) is 1. The van der Waals surface area contributed by atoms with Crippen molar-refractivity contribution in [2.45, 2.75) is 32.2 Å². The van der Waals surface area contributed by atoms with Crippen LogP contribution in [0.2, 0.25) is 0 Å². The molecule has 0 aliphatic rings. The number of carbonyl (C=O) groups excluding carboxylic acids is 1. The molecule has 2 N–H and O–H groups in total. The van der Waals surface area contributed by atoms with Crippen LogP contribution in [-0.4, -0.2) is 28.0 Å². The van der Waals surface area contributed by atoms with Gasteiger partial charge in [0.15, 0.2) is 0 Å². The Balaban J connectivity index is 2.69. The molecule has 0 aliphatic carbocycles. The van der Waals surface area contributed by atoms with Crippen LogP contribution in [0, 0.1) is 0 Å². The van der Waals surface area contributed by atoms with E-state index < -0.39 is 17.9 Å². The van der Waals surface area contributed by atoms with Crippen LogP contribution in [0.3, 0.4) is 0 Å². The molecule has 0 aliphatic heterocycles. The third-order valence-electron chi connectivity index (χ3n) is 2.44. The van der Waals surface area contributed by atoms with Gasteiger partial charge in [0.2, 0.25) is 0 Å². The summed E-state index contributed by atoms with van der Waals surface area (Å²) >= 11 is 3.16. The van der Waals surface area contributed by atoms with Crippen molar-refractivity contribution in [3.05, 3.63) is 28.5 Å². The maximum absolute atomic E-state index is 11.9. The van der Waals surface area contributed by atoms with Gasteiger partial charge in [-0.1, -0.05) is 19.8 Å². The lowest BCUT2D eigenvalue weighted by Crippen LogP contribution is -2.40. The fourth-order valence-corrected chi connectivity index (χ4v) is 1.82. The molecule has 0 unspecified atom stereocenters. The van der Waals surface area contributed by atoms with Crippen molar-refractivity contribution in [1.82, 2.24) is 10.3 Å². The van der Waals surface area contributed by atoms with E-state index in [9.17, 15) is 9.59 Å². The van der Waals surface area contributed by atoms with Crippen LogP contribution in [0.15, 0.2) is 22.9 Å². The van der Waals surface area contributed by atoms with Crippen molar-refractivity contribution in [3.8, 4) is 0 Å². The molecule has 0 spiro atoms. The number of carboxylic acids is 1. The van der Waals surface area contributed by atoms with Crippen molar-refractivity contribution in [1.29, 1.82) is 0 Å². The van der Waals surface area contributed by atoms with Gasteiger partial charge in [-0.15, -0.1) is 0 Å². The lowest BCUT2D eigenvalue weighted by molar-refractivity contribution is -0.139. The number of halogens is 1. The minimum Gasteiger partial charge on any atom is -0.480 e. The third kappa shape index (κ3) is 4.44. The standard InChI is InChI=1S/C12H15BrN2O3/c1-2-3-4-9(12(17)18)15-11(16)8-5-6-14-10(13)7-8/h5-7,9H,2-4H2,1H3,(H,15,16)(H,17,18)/t9-/m0/s1. The Morgan fingerprint density at radius 3 is 2.83 bits per heavy atom. The van der Waals surface area contributed by atoms with Gasteiger partial charge in [-0.05, 0) is 34.5 Å². The molecule has 1 amide bonds. The van der Waals surface area contributed by atoms with Gasteiger partial charge in [-0.25, -0.2) is 9.78 Å². The highest BCUT2D eigenvalue weighted by atomic mass is 79.9. The first kappa shape index (κ1) is 14.6. The van der Waals surface area contributed by atoms with Crippen molar-refractivity contribution < 1.29 is 14.7 Å². The summed E-state index contributed by atoms with van der Waals surface area (Å²) in [4.78, 5) is 26.8. The monoisotopic (exact) mass is 314 g/mol. The topological polar surface area (TPSA) is 79.3 Å². The van der Waals surface area contributed by atoms with Gasteiger partial charge in [-0.2, -0.15) is 0 Å². The molecule has 6 heteroatoms. The molecular formula is C12H15BrN2O3. The second-order valence-corrected chi connectivity index (χ2v) is 4.69. The minimum absolute atomic E-state index is 0.389. The van der Waals surface area contributed by atoms with Gasteiger partial charge in [0.25, 0.3) is 5.91 Å². The van der Waals surface area contributed by atoms with Crippen molar-refractivity contribution in [3.63, 3.8) is 0 Å². The van der Waals surface area contributed by atoms with Crippen LogP contribution < -0.4 is 5.32 Å². The van der Waals surface area contributed by atoms with E-state index in [0.29, 0.717) is 16.6 Å². The molecule has 1 rings (SSSR count). The predicted octanol–water partition coefficient (Wildman–Crippen LogP) is 2.22. The largest absolute Gasteiger partial charge is 0.480 e. The van der Waals surface area contributed by atoms with E-state index in [4.69, 9.17) is 5.11 Å². The van der Waals surface area contributed by atoms with Crippen LogP contribution in [-0.2, 0) is 4.79 Å². The predicted molar refractivity (Wildman–Crippen MR) is 70.4 cm³/mol. The molecule has 0 aromatic carbocycles. The fraction of sp³-hybridized carbons (Fsp3) is 0.417. The second-order valence-electron chi connectivity index (χ2n) is 3.87. The highest BCUT2D eigenvalue weighted by Gasteiger charge is 2.19. The molecule has 0 saturated heterocycles. The number of unbranched alkanes of at least 4 members (excludes halogenated alkanes) is 1. The number of nitrogens with one attached hydrogen (secondary N) is 1. The minimum atomic E-state index is -1.01. The molecule has 18 heavy (non-hydrogen) atoms. The van der Waals surface area contributed by atoms with Gasteiger partial charge < -0.3 is 10.4 Å². The van der Waals surface area contributed by atoms with Crippen LogP contribution in [0.1, 0.15) is 36.5 Å². The molecule has 5 nitrogen and oxygen atoms in total. The van der Waals surface area contributed by atoms with Gasteiger partial charge in [0.1, 0.15) is 10.6 Å². The van der Waals surface area contributed by atoms with Gasteiger partial charge in [-0.3, -0.25) is 4.79 Å². The van der Waals surface area contributed by atoms with Crippen LogP contribution in [0.25, 0.3) is 0 Å². The number of aromatic nitrogens is 1. The Morgan fingerprint density at radius 2 is 2.28 bits per heavy atom. The van der Waals surface area contributed by atoms with Crippen molar-refractivity contribution >= 4 is 27.8 Å². The number of pyridine rings is 1. The van der Waals surface area contributed by atoms with E-state index in [0.717, 1.165) is 12.8 Å². The zero-order chi connectivity index (χ0) is 13.5. The molecule has 1 aromatic heterocycles. The van der Waals surface area contributed by atoms with E-state index in [2.05, 4.69) is 26.2 Å². The third-order valence-corrected chi connectivity index (χ3v) is 2.87. The lowest BCUT2D eigenvalue weighted by atomic mass is 10.1. The first-order chi connectivity index (χ1) is 8.54. The van der Waals surface area contributed by atoms with Crippen LogP contribution in [0.4, 0.5) is 0 Å². The molecule has 0 radical (unpaired) electrons. The lowest BCUT2D eigenvalue weighted by Gasteiger charge is -2.14. The van der Waals surface area contributed by atoms with E-state index in [1.165, 1.54) is 6.20 Å². The molecule has 1 heterocycles. The Bertz CT molecular complexity index is 437. The molecule has 0 bridgehead atoms. The quantitative estimate of drug-likeness (QED) is 0.789. The van der Waals surface area contributed by atoms with Crippen molar-refractivity contribution in [2.75, 3.05) is 0 Å². The SMILES string of the molecule is CCCC[C@H](NC(=O)c1ccnc(Br)c1)C(=O)O. The Labute approximate surface area is 114 Å². The summed E-state index contributed by atoms with van der Waals surface area (Å²) < 4.78 is 0.538. The van der Waals surface area contributed by atoms with E-state index in [1.54, 1.807) is 12.1 Å². The first-order valence-corrected chi connectivity index (χ1v) is 6.49. The number of aliphatic carboxylic acids is 1. The molecule has 1 aromatic rings. The summed E-state index contributed by atoms with van der Waals surface area (Å²) in [5.41, 5.74) is 0.389. The number of hydrogen-bond donors (Lipinski definition) is 2. The average molecular weight is 315 g/mol. The van der Waals surface area contributed by atoms with Crippen LogP contribution in [0.5, 0.6) is 0 Å². The number of amides is 1. The average Bonchev–Trinajstić information content (AvgIpc) is 2.33. The maximum atomic E-state index is 11.9. The number of hydrogen-bond acceptors (Lipinski definition) is 3. The summed E-state index contributed by atoms with van der Waals surface area (Å²) in [5, 5.41) is 11.5. The van der Waals surface area contributed by atoms with E-state index in [1.807, 2.05) is 6.92 Å². The molecular weight excluding hydrogens is 300 g/mol. The normalized spacial score (nSPS) is 11.9. The second kappa shape index (κ2) is 7.10. The number of carbonyl (C=O) groups is 2. The van der Waals surface area contributed by atoms with Gasteiger partial charge in [0.05, 0.1) is 0 Å². The summed E-state index contributed by atoms with van der Waals surface area (Å²) in [7, 11) is 0. The Hall–Kier alpha value is -1.43. The summed E-state index contributed by atoms with van der Waals surface area (Å²) in [6, 6.07) is 2.25. The Morgan fingerprint density at radius 1 is 1.56 bits per heavy atom. The summed E-state index contributed by atoms with van der Waals surface area (Å²) in [5.74, 6) is -1.41. The molecule has 0 saturated carbocycles. The molecule has 98 valence electrons. The van der Waals surface area contributed by atoms with Crippen LogP contribution >= 0.6 is 15.9 Å². The van der Waals surface area contributed by atoms with Gasteiger partial charge in [0, 0.05) is 11.8 Å². The zero-order valence-electron chi connectivity index (χ0n) is 10.0. The Kier molecular flexibility index (Phi) is 5.77. The summed E-state index contributed by atoms with van der Waals surface area (Å²) in [6.45, 7) is 1.97. The van der Waals surface area contributed by atoms with E-state index >= 15 is 0 Å². The maximum Gasteiger partial charge on any atom is 0.326 e. The smallest absolute Gasteiger partial charge is 0.326 e. The van der Waals surface area contributed by atoms with Crippen molar-refractivity contribution in [2.24, 2.45) is 0 Å². The molecule has 0 fully saturated rings. The number of rotatable bonds is 6. The highest BCUT2D eigenvalue weighted by molar-refractivity contribution is 9.10. The summed E-state index contributed by atoms with van der Waals surface area (Å²) in [6.07, 6.45) is 3.57. The van der Waals surface area contributed by atoms with E-state index in [-0.39, 0.29) is 0 Å². The number of nitrogens with zero attached hydrogens (tertiary/aromatic N) is 1. The highest BCUT2D eigenvalue weighted by Crippen LogP contribution is 2.09. The fourth-order valence-electron chi connectivity index (χ4n) is 1.45. The zero-order valence-corrected chi connectivity index (χ0v) is 11.6.